The van der Waals surface area contributed by atoms with Gasteiger partial charge in [-0.15, -0.1) is 0 Å². The zero-order chi connectivity index (χ0) is 7.84. The summed E-state index contributed by atoms with van der Waals surface area (Å²) in [6.45, 7) is 2.10. The number of halogens is 1. The second kappa shape index (κ2) is 3.27. The fraction of sp³-hybridized carbons (Fsp3) is 0.222. The Morgan fingerprint density at radius 1 is 1.33 bits per heavy atom. The highest BCUT2D eigenvalue weighted by atomic mass is 79.9. The van der Waals surface area contributed by atoms with Gasteiger partial charge in [0.05, 0.1) is 13.2 Å². The first kappa shape index (κ1) is 9.26. The molecule has 0 aliphatic rings. The number of hydrogen-bond acceptors (Lipinski definition) is 0. The van der Waals surface area contributed by atoms with Gasteiger partial charge in [-0.2, -0.15) is 0 Å². The topological polar surface area (TPSA) is 9.03 Å². The number of pyridine rings is 1. The van der Waals surface area contributed by atoms with Gasteiger partial charge in [0, 0.05) is 13.0 Å². The molecule has 2 rings (SSSR count). The third-order valence-corrected chi connectivity index (χ3v) is 2.07. The molecule has 2 nitrogen and oxygen atoms in total. The van der Waals surface area contributed by atoms with Gasteiger partial charge < -0.3 is 17.0 Å². The standard InChI is InChI=1S/C9H11N2.BrH/c1-8-7-11-6-4-3-5-9(11)10(8)2;/h3-7H,1-2H3;1H/q+1;/p-1. The van der Waals surface area contributed by atoms with Crippen molar-refractivity contribution in [2.45, 2.75) is 6.92 Å². The van der Waals surface area contributed by atoms with Crippen molar-refractivity contribution in [3.05, 3.63) is 36.3 Å². The number of nitrogens with zero attached hydrogens (tertiary/aromatic N) is 2. The van der Waals surface area contributed by atoms with Gasteiger partial charge in [-0.05, 0) is 6.07 Å². The largest absolute Gasteiger partial charge is 1.00 e. The van der Waals surface area contributed by atoms with Gasteiger partial charge in [-0.3, -0.25) is 0 Å². The molecule has 0 radical (unpaired) electrons. The molecule has 2 aromatic rings. The van der Waals surface area contributed by atoms with E-state index in [0.717, 1.165) is 0 Å². The van der Waals surface area contributed by atoms with Gasteiger partial charge in [-0.1, -0.05) is 6.07 Å². The molecular weight excluding hydrogens is 216 g/mol. The van der Waals surface area contributed by atoms with E-state index in [-0.39, 0.29) is 17.0 Å². The number of hydrogen-bond donors (Lipinski definition) is 0. The maximum atomic E-state index is 2.17. The van der Waals surface area contributed by atoms with Crippen LogP contribution in [0.4, 0.5) is 0 Å². The summed E-state index contributed by atoms with van der Waals surface area (Å²) in [5.74, 6) is 0. The van der Waals surface area contributed by atoms with Gasteiger partial charge in [0.15, 0.2) is 0 Å². The molecular formula is C9H11BrN2. The predicted octanol–water partition coefficient (Wildman–Crippen LogP) is -1.92. The van der Waals surface area contributed by atoms with Crippen molar-refractivity contribution in [3.8, 4) is 0 Å². The minimum absolute atomic E-state index is 0. The summed E-state index contributed by atoms with van der Waals surface area (Å²) in [7, 11) is 2.07. The fourth-order valence-corrected chi connectivity index (χ4v) is 1.31. The monoisotopic (exact) mass is 226 g/mol. The molecule has 0 spiro atoms. The molecule has 0 saturated heterocycles. The number of rotatable bonds is 0. The summed E-state index contributed by atoms with van der Waals surface area (Å²) in [5.41, 5.74) is 2.50. The fourth-order valence-electron chi connectivity index (χ4n) is 1.31. The average Bonchev–Trinajstić information content (AvgIpc) is 2.30. The molecule has 0 saturated carbocycles. The van der Waals surface area contributed by atoms with Crippen molar-refractivity contribution in [2.24, 2.45) is 7.05 Å². The molecule has 0 amide bonds. The van der Waals surface area contributed by atoms with Crippen LogP contribution in [0, 0.1) is 6.92 Å². The lowest BCUT2D eigenvalue weighted by Gasteiger charge is -1.86. The van der Waals surface area contributed by atoms with Crippen molar-refractivity contribution >= 4 is 5.65 Å². The van der Waals surface area contributed by atoms with Crippen molar-refractivity contribution in [1.29, 1.82) is 0 Å². The van der Waals surface area contributed by atoms with Crippen LogP contribution in [0.25, 0.3) is 5.65 Å². The van der Waals surface area contributed by atoms with Crippen molar-refractivity contribution < 1.29 is 21.4 Å². The Morgan fingerprint density at radius 2 is 2.08 bits per heavy atom. The van der Waals surface area contributed by atoms with Crippen LogP contribution < -0.4 is 21.4 Å². The van der Waals surface area contributed by atoms with Gasteiger partial charge >= 0.3 is 0 Å². The normalized spacial score (nSPS) is 9.83. The van der Waals surface area contributed by atoms with E-state index >= 15 is 0 Å². The minimum Gasteiger partial charge on any atom is -1.00 e. The maximum absolute atomic E-state index is 2.17. The van der Waals surface area contributed by atoms with Gasteiger partial charge in [0.25, 0.3) is 5.65 Å². The van der Waals surface area contributed by atoms with Gasteiger partial charge in [0.1, 0.15) is 11.9 Å². The molecule has 0 atom stereocenters. The first-order valence-electron chi connectivity index (χ1n) is 3.71. The van der Waals surface area contributed by atoms with Crippen LogP contribution >= 0.6 is 0 Å². The maximum Gasteiger partial charge on any atom is 0.286 e. The van der Waals surface area contributed by atoms with Crippen LogP contribution in [-0.4, -0.2) is 4.57 Å². The predicted molar refractivity (Wildman–Crippen MR) is 43.3 cm³/mol. The molecule has 0 bridgehead atoms. The number of aryl methyl sites for hydroxylation is 2. The van der Waals surface area contributed by atoms with E-state index in [4.69, 9.17) is 0 Å². The summed E-state index contributed by atoms with van der Waals surface area (Å²) in [6, 6.07) is 6.19. The van der Waals surface area contributed by atoms with Gasteiger partial charge in [-0.25, -0.2) is 8.97 Å². The first-order valence-corrected chi connectivity index (χ1v) is 3.71. The Bertz CT molecular complexity index is 392. The Balaban J connectivity index is 0.000000720. The van der Waals surface area contributed by atoms with E-state index in [9.17, 15) is 0 Å². The van der Waals surface area contributed by atoms with Crippen molar-refractivity contribution in [3.63, 3.8) is 0 Å². The van der Waals surface area contributed by atoms with Crippen LogP contribution in [-0.2, 0) is 7.05 Å². The summed E-state index contributed by atoms with van der Waals surface area (Å²) >= 11 is 0. The zero-order valence-corrected chi connectivity index (χ0v) is 8.75. The minimum atomic E-state index is 0. The molecule has 64 valence electrons. The van der Waals surface area contributed by atoms with Crippen molar-refractivity contribution in [1.82, 2.24) is 4.57 Å². The highest BCUT2D eigenvalue weighted by Crippen LogP contribution is 1.99. The molecule has 0 N–H and O–H groups in total. The Kier molecular flexibility index (Phi) is 2.52. The summed E-state index contributed by atoms with van der Waals surface area (Å²) in [6.07, 6.45) is 4.18. The Labute approximate surface area is 82.2 Å². The van der Waals surface area contributed by atoms with E-state index in [1.54, 1.807) is 0 Å². The average molecular weight is 227 g/mol. The van der Waals surface area contributed by atoms with Crippen molar-refractivity contribution in [2.75, 3.05) is 0 Å². The smallest absolute Gasteiger partial charge is 0.286 e. The Hall–Kier alpha value is -0.830. The SMILES string of the molecule is Cc1c[n+]2ccccc2n1C.[Br-]. The van der Waals surface area contributed by atoms with Crippen LogP contribution in [0.1, 0.15) is 5.69 Å². The number of fused-ring (bicyclic) bond motifs is 1. The lowest BCUT2D eigenvalue weighted by molar-refractivity contribution is -0.510. The third-order valence-electron chi connectivity index (χ3n) is 2.07. The molecule has 2 heterocycles. The lowest BCUT2D eigenvalue weighted by Crippen LogP contribution is -3.00. The summed E-state index contributed by atoms with van der Waals surface area (Å²) < 4.78 is 4.29. The van der Waals surface area contributed by atoms with Crippen LogP contribution in [0.3, 0.4) is 0 Å². The van der Waals surface area contributed by atoms with E-state index < -0.39 is 0 Å². The molecule has 2 aromatic heterocycles. The lowest BCUT2D eigenvalue weighted by atomic mass is 10.5. The highest BCUT2D eigenvalue weighted by Gasteiger charge is 2.07. The third kappa shape index (κ3) is 1.25. The van der Waals surface area contributed by atoms with Gasteiger partial charge in [0.2, 0.25) is 0 Å². The quantitative estimate of drug-likeness (QED) is 0.464. The zero-order valence-electron chi connectivity index (χ0n) is 7.16. The molecule has 0 fully saturated rings. The molecule has 0 aliphatic carbocycles. The second-order valence-electron chi connectivity index (χ2n) is 2.80. The van der Waals surface area contributed by atoms with Crippen LogP contribution in [0.2, 0.25) is 0 Å². The molecule has 0 aliphatic heterocycles. The summed E-state index contributed by atoms with van der Waals surface area (Å²) in [4.78, 5) is 0. The molecule has 0 aromatic carbocycles. The van der Waals surface area contributed by atoms with E-state index in [0.29, 0.717) is 0 Å². The number of aromatic nitrogens is 2. The van der Waals surface area contributed by atoms with Crippen LogP contribution in [0.5, 0.6) is 0 Å². The van der Waals surface area contributed by atoms with E-state index in [2.05, 4.69) is 47.5 Å². The second-order valence-corrected chi connectivity index (χ2v) is 2.80. The molecule has 0 unspecified atom stereocenters. The molecule has 12 heavy (non-hydrogen) atoms. The first-order chi connectivity index (χ1) is 5.29. The van der Waals surface area contributed by atoms with E-state index in [1.807, 2.05) is 6.07 Å². The highest BCUT2D eigenvalue weighted by molar-refractivity contribution is 5.31. The Morgan fingerprint density at radius 3 is 2.75 bits per heavy atom. The molecule has 3 heteroatoms. The summed E-state index contributed by atoms with van der Waals surface area (Å²) in [5, 5.41) is 0. The number of imidazole rings is 1. The van der Waals surface area contributed by atoms with Crippen LogP contribution in [0.15, 0.2) is 30.6 Å². The van der Waals surface area contributed by atoms with E-state index in [1.165, 1.54) is 11.3 Å².